The Kier molecular flexibility index (Phi) is 6.42. The molecule has 0 unspecified atom stereocenters. The first-order chi connectivity index (χ1) is 28.3. The fourth-order valence-corrected chi connectivity index (χ4v) is 12.1. The molecule has 13 rings (SSSR count). The number of hydrogen-bond donors (Lipinski definition) is 0. The van der Waals surface area contributed by atoms with Gasteiger partial charge in [-0.3, -0.25) is 4.98 Å². The van der Waals surface area contributed by atoms with E-state index in [1.165, 1.54) is 79.4 Å². The van der Waals surface area contributed by atoms with Gasteiger partial charge in [0.1, 0.15) is 0 Å². The molecule has 0 aliphatic carbocycles. The second-order valence-corrected chi connectivity index (χ2v) is 17.1. The Labute approximate surface area is 332 Å². The second kappa shape index (κ2) is 11.7. The summed E-state index contributed by atoms with van der Waals surface area (Å²) >= 11 is 0.224. The van der Waals surface area contributed by atoms with Gasteiger partial charge in [0.15, 0.2) is 0 Å². The fourth-order valence-electron chi connectivity index (χ4n) is 9.53. The van der Waals surface area contributed by atoms with Gasteiger partial charge in [0.25, 0.3) is 0 Å². The second-order valence-electron chi connectivity index (χ2n) is 14.9. The van der Waals surface area contributed by atoms with Gasteiger partial charge in [-0.15, -0.1) is 0 Å². The van der Waals surface area contributed by atoms with Gasteiger partial charge in [-0.2, -0.15) is 0 Å². The predicted molar refractivity (Wildman–Crippen MR) is 241 cm³/mol. The molecular formula is C52H30N4Se. The van der Waals surface area contributed by atoms with E-state index in [1.807, 2.05) is 6.20 Å². The van der Waals surface area contributed by atoms with E-state index < -0.39 is 0 Å². The van der Waals surface area contributed by atoms with Crippen molar-refractivity contribution in [2.24, 2.45) is 0 Å². The minimum atomic E-state index is 0.224. The third kappa shape index (κ3) is 4.33. The molecule has 57 heavy (non-hydrogen) atoms. The van der Waals surface area contributed by atoms with E-state index in [0.29, 0.717) is 0 Å². The van der Waals surface area contributed by atoms with E-state index in [-0.39, 0.29) is 14.5 Å². The summed E-state index contributed by atoms with van der Waals surface area (Å²) in [6, 6.07) is 64.1. The van der Waals surface area contributed by atoms with Gasteiger partial charge in [0.2, 0.25) is 0 Å². The Balaban J connectivity index is 1.06. The van der Waals surface area contributed by atoms with Crippen LogP contribution in [0.5, 0.6) is 0 Å². The van der Waals surface area contributed by atoms with Crippen molar-refractivity contribution in [2.75, 3.05) is 0 Å². The van der Waals surface area contributed by atoms with Crippen LogP contribution in [-0.2, 0) is 0 Å². The van der Waals surface area contributed by atoms with Crippen molar-refractivity contribution >= 4 is 110 Å². The number of benzene rings is 9. The molecule has 0 spiro atoms. The number of nitrogens with zero attached hydrogens (tertiary/aromatic N) is 4. The van der Waals surface area contributed by atoms with Crippen LogP contribution in [0, 0.1) is 0 Å². The Hall–Kier alpha value is -7.04. The zero-order valence-electron chi connectivity index (χ0n) is 30.5. The molecule has 13 aromatic rings. The number of hydrogen-bond acceptors (Lipinski definition) is 2. The molecule has 4 aromatic heterocycles. The molecule has 4 nitrogen and oxygen atoms in total. The summed E-state index contributed by atoms with van der Waals surface area (Å²) < 4.78 is 7.86. The van der Waals surface area contributed by atoms with Crippen LogP contribution < -0.4 is 0 Å². The molecule has 5 heteroatoms. The molecule has 0 aliphatic heterocycles. The van der Waals surface area contributed by atoms with Gasteiger partial charge in [-0.1, -0.05) is 48.5 Å². The molecule has 9 aromatic carbocycles. The molecule has 0 atom stereocenters. The normalized spacial score (nSPS) is 12.2. The molecule has 0 fully saturated rings. The predicted octanol–water partition coefficient (Wildman–Crippen LogP) is 13.2. The van der Waals surface area contributed by atoms with E-state index in [2.05, 4.69) is 185 Å². The van der Waals surface area contributed by atoms with Gasteiger partial charge >= 0.3 is 237 Å². The molecule has 0 N–H and O–H groups in total. The third-order valence-electron chi connectivity index (χ3n) is 11.9. The molecule has 0 saturated heterocycles. The Morgan fingerprint density at radius 3 is 1.70 bits per heavy atom. The van der Waals surface area contributed by atoms with Gasteiger partial charge in [-0.25, -0.2) is 4.98 Å². The molecule has 0 bridgehead atoms. The van der Waals surface area contributed by atoms with Crippen LogP contribution in [0.2, 0.25) is 0 Å². The van der Waals surface area contributed by atoms with E-state index >= 15 is 0 Å². The zero-order chi connectivity index (χ0) is 37.2. The molecule has 264 valence electrons. The maximum atomic E-state index is 5.34. The number of rotatable bonds is 3. The van der Waals surface area contributed by atoms with Crippen molar-refractivity contribution < 1.29 is 0 Å². The quantitative estimate of drug-likeness (QED) is 0.132. The van der Waals surface area contributed by atoms with E-state index in [4.69, 9.17) is 9.97 Å². The monoisotopic (exact) mass is 790 g/mol. The molecule has 0 aliphatic rings. The van der Waals surface area contributed by atoms with Gasteiger partial charge in [0, 0.05) is 10.8 Å². The first-order valence-electron chi connectivity index (χ1n) is 19.3. The summed E-state index contributed by atoms with van der Waals surface area (Å²) in [4.78, 5) is 10.4. The third-order valence-corrected chi connectivity index (χ3v) is 14.5. The summed E-state index contributed by atoms with van der Waals surface area (Å²) in [6.45, 7) is 0. The van der Waals surface area contributed by atoms with Crippen molar-refractivity contribution in [3.8, 4) is 22.6 Å². The molecule has 4 heterocycles. The summed E-state index contributed by atoms with van der Waals surface area (Å²) in [5, 5.41) is 12.4. The zero-order valence-corrected chi connectivity index (χ0v) is 32.2. The fraction of sp³-hybridized carbons (Fsp3) is 0. The van der Waals surface area contributed by atoms with Crippen LogP contribution in [0.15, 0.2) is 182 Å². The average molecular weight is 790 g/mol. The van der Waals surface area contributed by atoms with Crippen molar-refractivity contribution in [2.45, 2.75) is 0 Å². The van der Waals surface area contributed by atoms with Crippen molar-refractivity contribution in [1.29, 1.82) is 0 Å². The summed E-state index contributed by atoms with van der Waals surface area (Å²) in [5.41, 5.74) is 10.9. The van der Waals surface area contributed by atoms with E-state index in [1.54, 1.807) is 0 Å². The molecule has 0 radical (unpaired) electrons. The SMILES string of the molecule is c1cc(-c2cnc3c4ccccc4c4ccccc4c3n2)cc(-n2c3ccccc3c3c4c5ccccc5n(-c5cccc6c5[se]c5ccccc56)c4ccc32)c1. The van der Waals surface area contributed by atoms with Crippen molar-refractivity contribution in [1.82, 2.24) is 19.1 Å². The van der Waals surface area contributed by atoms with Gasteiger partial charge in [-0.05, 0) is 10.8 Å². The summed E-state index contributed by atoms with van der Waals surface area (Å²) in [7, 11) is 0. The first-order valence-corrected chi connectivity index (χ1v) is 21.0. The standard InChI is InChI=1S/C52H30N4Se/c1-3-18-36-33(15-1)34-16-2-4-19-37(34)51-50(36)53-30-41(54-51)31-13-11-14-32(29-31)55-42-23-8-5-20-39(42)48-44(55)27-28-45-49(48)40-21-6-9-24-43(40)56(45)46-25-12-22-38-35-17-7-10-26-47(35)57-52(38)46/h1-30H. The molecular weight excluding hydrogens is 760 g/mol. The van der Waals surface area contributed by atoms with Crippen LogP contribution in [-0.4, -0.2) is 33.6 Å². The van der Waals surface area contributed by atoms with Crippen LogP contribution in [0.1, 0.15) is 0 Å². The Bertz CT molecular complexity index is 3790. The molecule has 0 amide bonds. The average Bonchev–Trinajstić information content (AvgIpc) is 3.94. The van der Waals surface area contributed by atoms with E-state index in [9.17, 15) is 0 Å². The maximum absolute atomic E-state index is 5.34. The number of fused-ring (bicyclic) bond motifs is 16. The topological polar surface area (TPSA) is 35.6 Å². The number of para-hydroxylation sites is 2. The summed E-state index contributed by atoms with van der Waals surface area (Å²) in [5.74, 6) is 0. The van der Waals surface area contributed by atoms with Crippen LogP contribution in [0.4, 0.5) is 0 Å². The first kappa shape index (κ1) is 31.2. The Morgan fingerprint density at radius 2 is 0.965 bits per heavy atom. The van der Waals surface area contributed by atoms with Crippen molar-refractivity contribution in [3.05, 3.63) is 182 Å². The Morgan fingerprint density at radius 1 is 0.404 bits per heavy atom. The van der Waals surface area contributed by atoms with Crippen molar-refractivity contribution in [3.63, 3.8) is 0 Å². The van der Waals surface area contributed by atoms with E-state index in [0.717, 1.165) is 38.8 Å². The van der Waals surface area contributed by atoms with Crippen LogP contribution in [0.3, 0.4) is 0 Å². The van der Waals surface area contributed by atoms with Crippen LogP contribution in [0.25, 0.3) is 118 Å². The van der Waals surface area contributed by atoms with Crippen LogP contribution >= 0.6 is 0 Å². The summed E-state index contributed by atoms with van der Waals surface area (Å²) in [6.07, 6.45) is 1.94. The minimum absolute atomic E-state index is 0.224. The van der Waals surface area contributed by atoms with Gasteiger partial charge < -0.3 is 0 Å². The molecule has 0 saturated carbocycles. The number of aromatic nitrogens is 4. The van der Waals surface area contributed by atoms with Gasteiger partial charge in [0.05, 0.1) is 17.2 Å².